The molecule has 0 aromatic heterocycles. The molecule has 12 heavy (non-hydrogen) atoms. The SMILES string of the molecule is O=C1NC(=O)C2=C1CCCC2Br. The van der Waals surface area contributed by atoms with Gasteiger partial charge in [0.15, 0.2) is 0 Å². The van der Waals surface area contributed by atoms with E-state index in [-0.39, 0.29) is 16.6 Å². The smallest absolute Gasteiger partial charge is 0.255 e. The highest BCUT2D eigenvalue weighted by atomic mass is 79.9. The molecule has 1 atom stereocenters. The second-order valence-corrected chi connectivity index (χ2v) is 4.14. The summed E-state index contributed by atoms with van der Waals surface area (Å²) in [6.45, 7) is 0. The third-order valence-electron chi connectivity index (χ3n) is 2.27. The lowest BCUT2D eigenvalue weighted by Crippen LogP contribution is -2.24. The molecule has 0 bridgehead atoms. The van der Waals surface area contributed by atoms with Crippen molar-refractivity contribution in [2.75, 3.05) is 0 Å². The van der Waals surface area contributed by atoms with E-state index in [1.54, 1.807) is 0 Å². The molecule has 1 N–H and O–H groups in total. The number of hydrogen-bond acceptors (Lipinski definition) is 2. The first kappa shape index (κ1) is 7.98. The minimum absolute atomic E-state index is 0.0766. The van der Waals surface area contributed by atoms with E-state index >= 15 is 0 Å². The third-order valence-corrected chi connectivity index (χ3v) is 3.18. The standard InChI is InChI=1S/C8H8BrNO2/c9-5-3-1-2-4-6(5)8(12)10-7(4)11/h5H,1-3H2,(H,10,11,12). The molecule has 0 radical (unpaired) electrons. The molecule has 1 unspecified atom stereocenters. The van der Waals surface area contributed by atoms with Crippen molar-refractivity contribution in [2.45, 2.75) is 24.1 Å². The van der Waals surface area contributed by atoms with E-state index in [1.807, 2.05) is 0 Å². The Hall–Kier alpha value is -0.640. The van der Waals surface area contributed by atoms with Gasteiger partial charge in [-0.3, -0.25) is 14.9 Å². The average molecular weight is 230 g/mol. The first-order valence-corrected chi connectivity index (χ1v) is 4.84. The number of alkyl halides is 1. The number of amides is 2. The van der Waals surface area contributed by atoms with Gasteiger partial charge in [-0.05, 0) is 19.3 Å². The van der Waals surface area contributed by atoms with Crippen LogP contribution in [0, 0.1) is 0 Å². The second kappa shape index (κ2) is 2.69. The van der Waals surface area contributed by atoms with Gasteiger partial charge in [-0.1, -0.05) is 15.9 Å². The fraction of sp³-hybridized carbons (Fsp3) is 0.500. The Labute approximate surface area is 78.3 Å². The first-order valence-electron chi connectivity index (χ1n) is 3.93. The zero-order chi connectivity index (χ0) is 8.72. The molecule has 1 aliphatic carbocycles. The first-order chi connectivity index (χ1) is 5.70. The fourth-order valence-electron chi connectivity index (χ4n) is 1.69. The predicted octanol–water partition coefficient (Wildman–Crippen LogP) is 0.887. The highest BCUT2D eigenvalue weighted by Gasteiger charge is 2.35. The Morgan fingerprint density at radius 1 is 1.33 bits per heavy atom. The molecule has 2 aliphatic rings. The molecule has 64 valence electrons. The summed E-state index contributed by atoms with van der Waals surface area (Å²) >= 11 is 3.39. The second-order valence-electron chi connectivity index (χ2n) is 3.04. The Morgan fingerprint density at radius 3 is 2.75 bits per heavy atom. The maximum atomic E-state index is 11.2. The summed E-state index contributed by atoms with van der Waals surface area (Å²) in [4.78, 5) is 22.4. The summed E-state index contributed by atoms with van der Waals surface area (Å²) in [6, 6.07) is 0. The van der Waals surface area contributed by atoms with Crippen LogP contribution >= 0.6 is 15.9 Å². The predicted molar refractivity (Wildman–Crippen MR) is 46.7 cm³/mol. The topological polar surface area (TPSA) is 46.2 Å². The van der Waals surface area contributed by atoms with Crippen molar-refractivity contribution in [3.05, 3.63) is 11.1 Å². The Morgan fingerprint density at radius 2 is 2.08 bits per heavy atom. The van der Waals surface area contributed by atoms with Gasteiger partial charge in [0.25, 0.3) is 11.8 Å². The molecule has 1 aliphatic heterocycles. The summed E-state index contributed by atoms with van der Waals surface area (Å²) in [7, 11) is 0. The molecule has 4 heteroatoms. The van der Waals surface area contributed by atoms with Gasteiger partial charge in [0, 0.05) is 16.0 Å². The van der Waals surface area contributed by atoms with Crippen molar-refractivity contribution in [3.63, 3.8) is 0 Å². The Balaban J connectivity index is 2.44. The lowest BCUT2D eigenvalue weighted by atomic mass is 9.93. The van der Waals surface area contributed by atoms with Gasteiger partial charge in [-0.15, -0.1) is 0 Å². The number of halogens is 1. The van der Waals surface area contributed by atoms with Crippen LogP contribution in [0.2, 0.25) is 0 Å². The highest BCUT2D eigenvalue weighted by Crippen LogP contribution is 2.33. The summed E-state index contributed by atoms with van der Waals surface area (Å²) in [6.07, 6.45) is 2.67. The summed E-state index contributed by atoms with van der Waals surface area (Å²) < 4.78 is 0. The molecule has 0 fully saturated rings. The van der Waals surface area contributed by atoms with E-state index in [1.165, 1.54) is 0 Å². The van der Waals surface area contributed by atoms with Gasteiger partial charge < -0.3 is 0 Å². The van der Waals surface area contributed by atoms with Gasteiger partial charge in [0.1, 0.15) is 0 Å². The van der Waals surface area contributed by atoms with Crippen molar-refractivity contribution >= 4 is 27.7 Å². The van der Waals surface area contributed by atoms with Gasteiger partial charge in [0.05, 0.1) is 0 Å². The lowest BCUT2D eigenvalue weighted by molar-refractivity contribution is -0.124. The number of carbonyl (C=O) groups excluding carboxylic acids is 2. The quantitative estimate of drug-likeness (QED) is 0.496. The minimum Gasteiger partial charge on any atom is -0.289 e. The monoisotopic (exact) mass is 229 g/mol. The molecule has 2 rings (SSSR count). The van der Waals surface area contributed by atoms with Crippen molar-refractivity contribution in [1.29, 1.82) is 0 Å². The summed E-state index contributed by atoms with van der Waals surface area (Å²) in [5.74, 6) is -0.407. The maximum Gasteiger partial charge on any atom is 0.255 e. The Kier molecular flexibility index (Phi) is 1.79. The van der Waals surface area contributed by atoms with Crippen LogP contribution in [0.3, 0.4) is 0 Å². The van der Waals surface area contributed by atoms with E-state index in [9.17, 15) is 9.59 Å². The molecule has 0 aromatic rings. The largest absolute Gasteiger partial charge is 0.289 e. The normalized spacial score (nSPS) is 28.9. The van der Waals surface area contributed by atoms with Crippen LogP contribution in [-0.2, 0) is 9.59 Å². The van der Waals surface area contributed by atoms with Crippen molar-refractivity contribution < 1.29 is 9.59 Å². The van der Waals surface area contributed by atoms with Crippen molar-refractivity contribution in [2.24, 2.45) is 0 Å². The van der Waals surface area contributed by atoms with E-state index in [0.717, 1.165) is 19.3 Å². The van der Waals surface area contributed by atoms with Gasteiger partial charge in [-0.25, -0.2) is 0 Å². The molecular weight excluding hydrogens is 222 g/mol. The zero-order valence-electron chi connectivity index (χ0n) is 6.39. The zero-order valence-corrected chi connectivity index (χ0v) is 7.98. The molecule has 3 nitrogen and oxygen atoms in total. The summed E-state index contributed by atoms with van der Waals surface area (Å²) in [5, 5.41) is 2.31. The van der Waals surface area contributed by atoms with Crippen LogP contribution in [0.4, 0.5) is 0 Å². The van der Waals surface area contributed by atoms with Crippen LogP contribution in [0.5, 0.6) is 0 Å². The molecular formula is C8H8BrNO2. The Bertz CT molecular complexity index is 295. The van der Waals surface area contributed by atoms with Crippen molar-refractivity contribution in [1.82, 2.24) is 5.32 Å². The van der Waals surface area contributed by atoms with Gasteiger partial charge in [0.2, 0.25) is 0 Å². The molecule has 0 saturated heterocycles. The number of nitrogens with one attached hydrogen (secondary N) is 1. The maximum absolute atomic E-state index is 11.2. The van der Waals surface area contributed by atoms with E-state index in [0.29, 0.717) is 11.1 Å². The van der Waals surface area contributed by atoms with E-state index < -0.39 is 0 Å². The van der Waals surface area contributed by atoms with Crippen molar-refractivity contribution in [3.8, 4) is 0 Å². The molecule has 0 spiro atoms. The molecule has 2 amide bonds. The van der Waals surface area contributed by atoms with Crippen LogP contribution in [-0.4, -0.2) is 16.6 Å². The fourth-order valence-corrected chi connectivity index (χ4v) is 2.50. The number of imide groups is 1. The lowest BCUT2D eigenvalue weighted by Gasteiger charge is -2.15. The molecule has 0 saturated carbocycles. The van der Waals surface area contributed by atoms with Crippen LogP contribution in [0.1, 0.15) is 19.3 Å². The average Bonchev–Trinajstić information content (AvgIpc) is 2.29. The van der Waals surface area contributed by atoms with Crippen LogP contribution < -0.4 is 5.32 Å². The number of rotatable bonds is 0. The summed E-state index contributed by atoms with van der Waals surface area (Å²) in [5.41, 5.74) is 1.35. The van der Waals surface area contributed by atoms with Gasteiger partial charge >= 0.3 is 0 Å². The van der Waals surface area contributed by atoms with Crippen LogP contribution in [0.25, 0.3) is 0 Å². The van der Waals surface area contributed by atoms with Crippen LogP contribution in [0.15, 0.2) is 11.1 Å². The third kappa shape index (κ3) is 1.02. The van der Waals surface area contributed by atoms with E-state index in [4.69, 9.17) is 0 Å². The highest BCUT2D eigenvalue weighted by molar-refractivity contribution is 9.09. The number of carbonyl (C=O) groups is 2. The molecule has 1 heterocycles. The molecule has 0 aromatic carbocycles. The number of hydrogen-bond donors (Lipinski definition) is 1. The van der Waals surface area contributed by atoms with Gasteiger partial charge in [-0.2, -0.15) is 0 Å². The van der Waals surface area contributed by atoms with E-state index in [2.05, 4.69) is 21.2 Å². The minimum atomic E-state index is -0.212.